The molecule has 0 spiro atoms. The molecule has 0 saturated heterocycles. The maximum atomic E-state index is 12.8. The first-order valence-corrected chi connectivity index (χ1v) is 6.21. The summed E-state index contributed by atoms with van der Waals surface area (Å²) in [7, 11) is 1.74. The van der Waals surface area contributed by atoms with E-state index < -0.39 is 0 Å². The molecule has 1 atom stereocenters. The van der Waals surface area contributed by atoms with E-state index in [9.17, 15) is 9.18 Å². The molecule has 1 aromatic rings. The Labute approximate surface area is 108 Å². The van der Waals surface area contributed by atoms with Gasteiger partial charge in [-0.2, -0.15) is 0 Å². The van der Waals surface area contributed by atoms with Crippen molar-refractivity contribution in [1.29, 1.82) is 0 Å². The lowest BCUT2D eigenvalue weighted by Gasteiger charge is -2.22. The van der Waals surface area contributed by atoms with Crippen LogP contribution in [0.3, 0.4) is 0 Å². The molecule has 2 N–H and O–H groups in total. The first kappa shape index (κ1) is 14.6. The Hall–Kier alpha value is -1.42. The first-order valence-electron chi connectivity index (χ1n) is 6.21. The molecule has 0 heterocycles. The molecule has 4 heteroatoms. The molecule has 100 valence electrons. The third kappa shape index (κ3) is 4.84. The Bertz CT molecular complexity index is 376. The topological polar surface area (TPSA) is 41.1 Å². The highest BCUT2D eigenvalue weighted by atomic mass is 19.1. The van der Waals surface area contributed by atoms with Crippen LogP contribution in [0.25, 0.3) is 0 Å². The Morgan fingerprint density at radius 2 is 1.89 bits per heavy atom. The predicted molar refractivity (Wildman–Crippen MR) is 70.8 cm³/mol. The maximum absolute atomic E-state index is 12.8. The van der Waals surface area contributed by atoms with Crippen LogP contribution >= 0.6 is 0 Å². The summed E-state index contributed by atoms with van der Waals surface area (Å²) in [5, 5.41) is 5.81. The van der Waals surface area contributed by atoms with Gasteiger partial charge in [0.1, 0.15) is 5.82 Å². The van der Waals surface area contributed by atoms with Gasteiger partial charge in [-0.25, -0.2) is 4.39 Å². The Morgan fingerprint density at radius 3 is 2.39 bits per heavy atom. The zero-order chi connectivity index (χ0) is 13.5. The van der Waals surface area contributed by atoms with Gasteiger partial charge in [-0.1, -0.05) is 26.0 Å². The van der Waals surface area contributed by atoms with E-state index >= 15 is 0 Å². The van der Waals surface area contributed by atoms with Gasteiger partial charge >= 0.3 is 0 Å². The third-order valence-corrected chi connectivity index (χ3v) is 2.86. The summed E-state index contributed by atoms with van der Waals surface area (Å²) in [6, 6.07) is 6.48. The number of nitrogens with one attached hydrogen (secondary N) is 2. The van der Waals surface area contributed by atoms with Crippen molar-refractivity contribution in [1.82, 2.24) is 10.6 Å². The normalized spacial score (nSPS) is 12.5. The second-order valence-electron chi connectivity index (χ2n) is 4.78. The molecule has 0 aliphatic rings. The van der Waals surface area contributed by atoms with Gasteiger partial charge in [-0.15, -0.1) is 0 Å². The van der Waals surface area contributed by atoms with E-state index in [0.717, 1.165) is 5.56 Å². The number of hydrogen-bond acceptors (Lipinski definition) is 2. The number of hydrogen-bond donors (Lipinski definition) is 2. The van der Waals surface area contributed by atoms with Crippen LogP contribution in [0.5, 0.6) is 0 Å². The SMILES string of the molecule is CNCC(=O)NC(Cc1ccc(F)cc1)C(C)C. The van der Waals surface area contributed by atoms with Crippen LogP contribution in [0.15, 0.2) is 24.3 Å². The van der Waals surface area contributed by atoms with Crippen molar-refractivity contribution in [3.05, 3.63) is 35.6 Å². The van der Waals surface area contributed by atoms with E-state index in [1.165, 1.54) is 12.1 Å². The number of carbonyl (C=O) groups is 1. The second kappa shape index (κ2) is 7.11. The van der Waals surface area contributed by atoms with Crippen LogP contribution in [0.4, 0.5) is 4.39 Å². The minimum Gasteiger partial charge on any atom is -0.352 e. The molecule has 1 unspecified atom stereocenters. The summed E-state index contributed by atoms with van der Waals surface area (Å²) >= 11 is 0. The van der Waals surface area contributed by atoms with Crippen LogP contribution in [0, 0.1) is 11.7 Å². The van der Waals surface area contributed by atoms with Gasteiger partial charge in [0, 0.05) is 6.04 Å². The molecule has 0 aromatic heterocycles. The zero-order valence-corrected chi connectivity index (χ0v) is 11.2. The van der Waals surface area contributed by atoms with Crippen molar-refractivity contribution in [3.8, 4) is 0 Å². The van der Waals surface area contributed by atoms with Crippen LogP contribution in [0.1, 0.15) is 19.4 Å². The highest BCUT2D eigenvalue weighted by Crippen LogP contribution is 2.11. The van der Waals surface area contributed by atoms with Crippen LogP contribution < -0.4 is 10.6 Å². The van der Waals surface area contributed by atoms with Gasteiger partial charge < -0.3 is 10.6 Å². The Balaban J connectivity index is 2.62. The third-order valence-electron chi connectivity index (χ3n) is 2.86. The fourth-order valence-corrected chi connectivity index (χ4v) is 1.75. The van der Waals surface area contributed by atoms with Crippen molar-refractivity contribution in [3.63, 3.8) is 0 Å². The molecule has 0 aliphatic carbocycles. The maximum Gasteiger partial charge on any atom is 0.234 e. The van der Waals surface area contributed by atoms with Crippen molar-refractivity contribution in [2.24, 2.45) is 5.92 Å². The highest BCUT2D eigenvalue weighted by Gasteiger charge is 2.16. The minimum atomic E-state index is -0.237. The molecule has 3 nitrogen and oxygen atoms in total. The summed E-state index contributed by atoms with van der Waals surface area (Å²) < 4.78 is 12.8. The molecule has 1 amide bonds. The molecule has 1 rings (SSSR count). The summed E-state index contributed by atoms with van der Waals surface area (Å²) in [6.45, 7) is 4.44. The lowest BCUT2D eigenvalue weighted by atomic mass is 9.96. The fourth-order valence-electron chi connectivity index (χ4n) is 1.75. The van der Waals surface area contributed by atoms with Crippen molar-refractivity contribution < 1.29 is 9.18 Å². The molecule has 0 aliphatic heterocycles. The molecule has 18 heavy (non-hydrogen) atoms. The van der Waals surface area contributed by atoms with Gasteiger partial charge in [0.15, 0.2) is 0 Å². The molecule has 0 fully saturated rings. The fraction of sp³-hybridized carbons (Fsp3) is 0.500. The number of halogens is 1. The Kier molecular flexibility index (Phi) is 5.78. The summed E-state index contributed by atoms with van der Waals surface area (Å²) in [5.74, 6) is 0.0771. The van der Waals surface area contributed by atoms with Gasteiger partial charge in [-0.3, -0.25) is 4.79 Å². The monoisotopic (exact) mass is 252 g/mol. The van der Waals surface area contributed by atoms with E-state index in [0.29, 0.717) is 18.9 Å². The van der Waals surface area contributed by atoms with Gasteiger partial charge in [-0.05, 0) is 37.1 Å². The number of rotatable bonds is 6. The van der Waals surface area contributed by atoms with E-state index in [1.807, 2.05) is 0 Å². The van der Waals surface area contributed by atoms with Gasteiger partial charge in [0.25, 0.3) is 0 Å². The number of likely N-dealkylation sites (N-methyl/N-ethyl adjacent to an activating group) is 1. The molecular weight excluding hydrogens is 231 g/mol. The van der Waals surface area contributed by atoms with E-state index in [-0.39, 0.29) is 17.8 Å². The van der Waals surface area contributed by atoms with Crippen LogP contribution in [-0.2, 0) is 11.2 Å². The predicted octanol–water partition coefficient (Wildman–Crippen LogP) is 1.73. The molecule has 0 saturated carbocycles. The van der Waals surface area contributed by atoms with Gasteiger partial charge in [0.05, 0.1) is 6.54 Å². The largest absolute Gasteiger partial charge is 0.352 e. The Morgan fingerprint density at radius 1 is 1.28 bits per heavy atom. The van der Waals surface area contributed by atoms with Crippen LogP contribution in [-0.4, -0.2) is 25.5 Å². The first-order chi connectivity index (χ1) is 8.52. The number of benzene rings is 1. The van der Waals surface area contributed by atoms with Crippen LogP contribution in [0.2, 0.25) is 0 Å². The number of carbonyl (C=O) groups excluding carboxylic acids is 1. The minimum absolute atomic E-state index is 0.0155. The zero-order valence-electron chi connectivity index (χ0n) is 11.2. The lowest BCUT2D eigenvalue weighted by molar-refractivity contribution is -0.121. The van der Waals surface area contributed by atoms with Crippen molar-refractivity contribution in [2.75, 3.05) is 13.6 Å². The van der Waals surface area contributed by atoms with E-state index in [4.69, 9.17) is 0 Å². The second-order valence-corrected chi connectivity index (χ2v) is 4.78. The average molecular weight is 252 g/mol. The van der Waals surface area contributed by atoms with E-state index in [1.54, 1.807) is 19.2 Å². The quantitative estimate of drug-likeness (QED) is 0.809. The molecule has 0 radical (unpaired) electrons. The summed E-state index contributed by atoms with van der Waals surface area (Å²) in [6.07, 6.45) is 0.716. The van der Waals surface area contributed by atoms with Crippen molar-refractivity contribution >= 4 is 5.91 Å². The standard InChI is InChI=1S/C14H21FN2O/c1-10(2)13(17-14(18)9-16-3)8-11-4-6-12(15)7-5-11/h4-7,10,13,16H,8-9H2,1-3H3,(H,17,18). The number of amides is 1. The van der Waals surface area contributed by atoms with Gasteiger partial charge in [0.2, 0.25) is 5.91 Å². The highest BCUT2D eigenvalue weighted by molar-refractivity contribution is 5.78. The average Bonchev–Trinajstić information content (AvgIpc) is 2.31. The lowest BCUT2D eigenvalue weighted by Crippen LogP contribution is -2.43. The van der Waals surface area contributed by atoms with E-state index in [2.05, 4.69) is 24.5 Å². The van der Waals surface area contributed by atoms with Crippen molar-refractivity contribution in [2.45, 2.75) is 26.3 Å². The summed E-state index contributed by atoms with van der Waals surface area (Å²) in [5.41, 5.74) is 1.03. The summed E-state index contributed by atoms with van der Waals surface area (Å²) in [4.78, 5) is 11.6. The molecule has 1 aromatic carbocycles. The molecule has 0 bridgehead atoms. The smallest absolute Gasteiger partial charge is 0.234 e. The molecular formula is C14H21FN2O.